The Morgan fingerprint density at radius 2 is 2.00 bits per heavy atom. The van der Waals surface area contributed by atoms with Crippen LogP contribution in [-0.4, -0.2) is 19.8 Å². The van der Waals surface area contributed by atoms with Gasteiger partial charge in [-0.1, -0.05) is 30.3 Å². The van der Waals surface area contributed by atoms with E-state index in [2.05, 4.69) is 42.6 Å². The highest BCUT2D eigenvalue weighted by molar-refractivity contribution is 5.30. The predicted octanol–water partition coefficient (Wildman–Crippen LogP) is 2.30. The molecule has 0 spiro atoms. The third kappa shape index (κ3) is 2.39. The fourth-order valence-electron chi connectivity index (χ4n) is 2.16. The normalized spacial score (nSPS) is 19.9. The molecule has 1 saturated carbocycles. The van der Waals surface area contributed by atoms with E-state index >= 15 is 0 Å². The van der Waals surface area contributed by atoms with Crippen LogP contribution in [-0.2, 0) is 10.3 Å². The summed E-state index contributed by atoms with van der Waals surface area (Å²) in [5.74, 6) is 0. The molecule has 0 saturated heterocycles. The first-order valence-electron chi connectivity index (χ1n) is 5.59. The first-order chi connectivity index (χ1) is 7.27. The van der Waals surface area contributed by atoms with Gasteiger partial charge in [-0.3, -0.25) is 0 Å². The number of benzene rings is 1. The minimum absolute atomic E-state index is 0.235. The minimum Gasteiger partial charge on any atom is -0.383 e. The van der Waals surface area contributed by atoms with E-state index in [4.69, 9.17) is 4.74 Å². The van der Waals surface area contributed by atoms with E-state index in [1.165, 1.54) is 18.4 Å². The van der Waals surface area contributed by atoms with Gasteiger partial charge in [-0.25, -0.2) is 0 Å². The van der Waals surface area contributed by atoms with Gasteiger partial charge in [-0.2, -0.15) is 0 Å². The standard InChI is InChI=1S/C13H19NO/c1-11(10-15-2)14-13(8-9-13)12-6-4-3-5-7-12/h3-7,11,14H,8-10H2,1-2H3. The first-order valence-corrected chi connectivity index (χ1v) is 5.59. The summed E-state index contributed by atoms with van der Waals surface area (Å²) in [6.45, 7) is 2.95. The molecule has 1 aliphatic carbocycles. The van der Waals surface area contributed by atoms with Crippen molar-refractivity contribution in [3.05, 3.63) is 35.9 Å². The maximum Gasteiger partial charge on any atom is 0.0613 e. The zero-order valence-electron chi connectivity index (χ0n) is 9.49. The number of methoxy groups -OCH3 is 1. The Labute approximate surface area is 91.6 Å². The summed E-state index contributed by atoms with van der Waals surface area (Å²) in [4.78, 5) is 0. The van der Waals surface area contributed by atoms with Crippen LogP contribution < -0.4 is 5.32 Å². The second-order valence-corrected chi connectivity index (χ2v) is 4.45. The Hall–Kier alpha value is -0.860. The van der Waals surface area contributed by atoms with Crippen molar-refractivity contribution < 1.29 is 4.74 Å². The largest absolute Gasteiger partial charge is 0.383 e. The molecule has 1 atom stereocenters. The summed E-state index contributed by atoms with van der Waals surface area (Å²) in [6.07, 6.45) is 2.48. The van der Waals surface area contributed by atoms with Crippen LogP contribution in [0.25, 0.3) is 0 Å². The lowest BCUT2D eigenvalue weighted by Gasteiger charge is -2.22. The SMILES string of the molecule is COCC(C)NC1(c2ccccc2)CC1. The lowest BCUT2D eigenvalue weighted by molar-refractivity contribution is 0.164. The average Bonchev–Trinajstić information content (AvgIpc) is 3.01. The Kier molecular flexibility index (Phi) is 3.08. The van der Waals surface area contributed by atoms with E-state index < -0.39 is 0 Å². The van der Waals surface area contributed by atoms with Crippen LogP contribution in [0.4, 0.5) is 0 Å². The molecule has 0 aromatic heterocycles. The maximum atomic E-state index is 5.15. The first kappa shape index (κ1) is 10.7. The summed E-state index contributed by atoms with van der Waals surface area (Å²) in [5.41, 5.74) is 1.65. The van der Waals surface area contributed by atoms with Gasteiger partial charge in [0.1, 0.15) is 0 Å². The molecular formula is C13H19NO. The van der Waals surface area contributed by atoms with Gasteiger partial charge in [0, 0.05) is 18.7 Å². The molecule has 0 bridgehead atoms. The van der Waals surface area contributed by atoms with Gasteiger partial charge >= 0.3 is 0 Å². The molecule has 1 aliphatic rings. The molecule has 0 amide bonds. The van der Waals surface area contributed by atoms with Gasteiger partial charge in [-0.05, 0) is 25.3 Å². The Morgan fingerprint density at radius 1 is 1.33 bits per heavy atom. The highest BCUT2D eigenvalue weighted by Gasteiger charge is 2.44. The number of ether oxygens (including phenoxy) is 1. The second-order valence-electron chi connectivity index (χ2n) is 4.45. The van der Waals surface area contributed by atoms with Crippen LogP contribution >= 0.6 is 0 Å². The Balaban J connectivity index is 2.02. The van der Waals surface area contributed by atoms with Crippen molar-refractivity contribution in [3.8, 4) is 0 Å². The van der Waals surface area contributed by atoms with Crippen molar-refractivity contribution >= 4 is 0 Å². The summed E-state index contributed by atoms with van der Waals surface area (Å²) >= 11 is 0. The maximum absolute atomic E-state index is 5.15. The van der Waals surface area contributed by atoms with Crippen molar-refractivity contribution in [2.75, 3.05) is 13.7 Å². The van der Waals surface area contributed by atoms with Gasteiger partial charge in [0.25, 0.3) is 0 Å². The zero-order chi connectivity index (χ0) is 10.7. The van der Waals surface area contributed by atoms with Crippen LogP contribution in [0.3, 0.4) is 0 Å². The summed E-state index contributed by atoms with van der Waals surface area (Å²) in [6, 6.07) is 11.1. The lowest BCUT2D eigenvalue weighted by atomic mass is 10.0. The molecule has 1 aromatic carbocycles. The molecular weight excluding hydrogens is 186 g/mol. The monoisotopic (exact) mass is 205 g/mol. The topological polar surface area (TPSA) is 21.3 Å². The molecule has 1 N–H and O–H groups in total. The van der Waals surface area contributed by atoms with Gasteiger partial charge in [-0.15, -0.1) is 0 Å². The van der Waals surface area contributed by atoms with Gasteiger partial charge < -0.3 is 10.1 Å². The summed E-state index contributed by atoms with van der Waals surface area (Å²) in [5, 5.41) is 3.66. The van der Waals surface area contributed by atoms with E-state index in [0.717, 1.165) is 6.61 Å². The van der Waals surface area contributed by atoms with Crippen LogP contribution in [0.5, 0.6) is 0 Å². The third-order valence-electron chi connectivity index (χ3n) is 3.02. The van der Waals surface area contributed by atoms with E-state index in [1.807, 2.05) is 0 Å². The molecule has 15 heavy (non-hydrogen) atoms. The minimum atomic E-state index is 0.235. The van der Waals surface area contributed by atoms with Crippen molar-refractivity contribution in [2.24, 2.45) is 0 Å². The van der Waals surface area contributed by atoms with Gasteiger partial charge in [0.05, 0.1) is 6.61 Å². The number of nitrogens with one attached hydrogen (secondary N) is 1. The molecule has 0 radical (unpaired) electrons. The van der Waals surface area contributed by atoms with Crippen molar-refractivity contribution in [3.63, 3.8) is 0 Å². The molecule has 2 heteroatoms. The Bertz CT molecular complexity index is 306. The highest BCUT2D eigenvalue weighted by atomic mass is 16.5. The molecule has 1 unspecified atom stereocenters. The average molecular weight is 205 g/mol. The lowest BCUT2D eigenvalue weighted by Crippen LogP contribution is -2.39. The molecule has 0 heterocycles. The van der Waals surface area contributed by atoms with Crippen LogP contribution in [0, 0.1) is 0 Å². The second kappa shape index (κ2) is 4.33. The van der Waals surface area contributed by atoms with Crippen molar-refractivity contribution in [1.29, 1.82) is 0 Å². The summed E-state index contributed by atoms with van der Waals surface area (Å²) in [7, 11) is 1.75. The van der Waals surface area contributed by atoms with Crippen LogP contribution in [0.2, 0.25) is 0 Å². The molecule has 0 aliphatic heterocycles. The van der Waals surface area contributed by atoms with E-state index in [-0.39, 0.29) is 5.54 Å². The Morgan fingerprint density at radius 3 is 2.53 bits per heavy atom. The predicted molar refractivity (Wildman–Crippen MR) is 61.8 cm³/mol. The number of hydrogen-bond acceptors (Lipinski definition) is 2. The van der Waals surface area contributed by atoms with Gasteiger partial charge in [0.15, 0.2) is 0 Å². The summed E-state index contributed by atoms with van der Waals surface area (Å²) < 4.78 is 5.15. The fourth-order valence-corrected chi connectivity index (χ4v) is 2.16. The fraction of sp³-hybridized carbons (Fsp3) is 0.538. The quantitative estimate of drug-likeness (QED) is 0.796. The molecule has 82 valence electrons. The number of rotatable bonds is 5. The zero-order valence-corrected chi connectivity index (χ0v) is 9.49. The third-order valence-corrected chi connectivity index (χ3v) is 3.02. The molecule has 1 fully saturated rings. The van der Waals surface area contributed by atoms with E-state index in [9.17, 15) is 0 Å². The van der Waals surface area contributed by atoms with Crippen molar-refractivity contribution in [1.82, 2.24) is 5.32 Å². The molecule has 1 aromatic rings. The molecule has 2 rings (SSSR count). The van der Waals surface area contributed by atoms with Crippen molar-refractivity contribution in [2.45, 2.75) is 31.3 Å². The van der Waals surface area contributed by atoms with Crippen LogP contribution in [0.1, 0.15) is 25.3 Å². The smallest absolute Gasteiger partial charge is 0.0613 e. The highest BCUT2D eigenvalue weighted by Crippen LogP contribution is 2.45. The van der Waals surface area contributed by atoms with E-state index in [0.29, 0.717) is 6.04 Å². The van der Waals surface area contributed by atoms with Crippen LogP contribution in [0.15, 0.2) is 30.3 Å². The van der Waals surface area contributed by atoms with Gasteiger partial charge in [0.2, 0.25) is 0 Å². The molecule has 2 nitrogen and oxygen atoms in total. The number of hydrogen-bond donors (Lipinski definition) is 1. The van der Waals surface area contributed by atoms with E-state index in [1.54, 1.807) is 7.11 Å².